The van der Waals surface area contributed by atoms with Gasteiger partial charge in [0.15, 0.2) is 11.5 Å². The number of methoxy groups -OCH3 is 2. The van der Waals surface area contributed by atoms with Crippen LogP contribution in [0.25, 0.3) is 0 Å². The van der Waals surface area contributed by atoms with Crippen LogP contribution < -0.4 is 23.9 Å². The Hall–Kier alpha value is -4.05. The number of ether oxygens (including phenoxy) is 3. The van der Waals surface area contributed by atoms with E-state index in [2.05, 4.69) is 24.4 Å². The zero-order valence-electron chi connectivity index (χ0n) is 22.2. The molecule has 0 fully saturated rings. The normalized spacial score (nSPS) is 11.4. The average Bonchev–Trinajstić information content (AvgIpc) is 2.91. The molecule has 9 nitrogen and oxygen atoms in total. The van der Waals surface area contributed by atoms with Gasteiger partial charge in [-0.05, 0) is 66.9 Å². The van der Waals surface area contributed by atoms with Gasteiger partial charge in [0.05, 0.1) is 37.6 Å². The number of hydrogen-bond acceptors (Lipinski definition) is 7. The van der Waals surface area contributed by atoms with Crippen molar-refractivity contribution in [2.45, 2.75) is 25.7 Å². The monoisotopic (exact) mass is 539 g/mol. The molecule has 0 saturated heterocycles. The van der Waals surface area contributed by atoms with E-state index in [-0.39, 0.29) is 10.6 Å². The highest BCUT2D eigenvalue weighted by Gasteiger charge is 2.28. The molecule has 38 heavy (non-hydrogen) atoms. The van der Waals surface area contributed by atoms with Crippen molar-refractivity contribution >= 4 is 27.8 Å². The van der Waals surface area contributed by atoms with Gasteiger partial charge in [0.1, 0.15) is 12.3 Å². The van der Waals surface area contributed by atoms with Gasteiger partial charge in [-0.3, -0.25) is 9.10 Å². The number of aryl methyl sites for hydroxylation is 1. The number of hydrogen-bond donors (Lipinski definition) is 1. The maximum Gasteiger partial charge on any atom is 0.264 e. The first-order valence-electron chi connectivity index (χ1n) is 12.0. The number of carbonyl (C=O) groups is 1. The fourth-order valence-corrected chi connectivity index (χ4v) is 4.80. The molecule has 0 atom stereocenters. The second-order valence-corrected chi connectivity index (χ2v) is 10.8. The summed E-state index contributed by atoms with van der Waals surface area (Å²) in [5.74, 6) is 1.29. The number of nitrogens with zero attached hydrogens (tertiary/aromatic N) is 2. The van der Waals surface area contributed by atoms with Crippen LogP contribution in [-0.4, -0.2) is 47.9 Å². The Labute approximate surface area is 224 Å². The quantitative estimate of drug-likeness (QED) is 0.270. The molecule has 3 rings (SSSR count). The topological polar surface area (TPSA) is 107 Å². The highest BCUT2D eigenvalue weighted by Crippen LogP contribution is 2.33. The largest absolute Gasteiger partial charge is 0.493 e. The molecule has 1 amide bonds. The predicted molar refractivity (Wildman–Crippen MR) is 148 cm³/mol. The lowest BCUT2D eigenvalue weighted by Gasteiger charge is -2.24. The number of carbonyl (C=O) groups excluding carboxylic acids is 1. The van der Waals surface area contributed by atoms with Crippen LogP contribution in [0.3, 0.4) is 0 Å². The zero-order valence-corrected chi connectivity index (χ0v) is 23.0. The van der Waals surface area contributed by atoms with Crippen molar-refractivity contribution in [3.8, 4) is 17.2 Å². The number of sulfonamides is 1. The van der Waals surface area contributed by atoms with Gasteiger partial charge in [0.2, 0.25) is 0 Å². The van der Waals surface area contributed by atoms with Crippen LogP contribution in [0.5, 0.6) is 17.2 Å². The summed E-state index contributed by atoms with van der Waals surface area (Å²) in [6.45, 7) is 6.11. The Bertz CT molecular complexity index is 1350. The van der Waals surface area contributed by atoms with Crippen LogP contribution in [0, 0.1) is 12.8 Å². The molecule has 1 N–H and O–H groups in total. The van der Waals surface area contributed by atoms with Crippen LogP contribution >= 0.6 is 0 Å². The summed E-state index contributed by atoms with van der Waals surface area (Å²) in [5.41, 5.74) is 4.29. The standard InChI is InChI=1S/C28H33N3O6S/c1-20(2)19-37-24-11-8-22(9-12-24)17-29-30-28(32)18-31(23-10-15-26(35-4)27(16-23)36-5)38(33,34)25-13-6-21(3)7-14-25/h6-17,20H,18-19H2,1-5H3,(H,30,32)/b29-17-. The summed E-state index contributed by atoms with van der Waals surface area (Å²) in [7, 11) is -1.16. The fourth-order valence-electron chi connectivity index (χ4n) is 3.39. The third-order valence-electron chi connectivity index (χ3n) is 5.42. The maximum absolute atomic E-state index is 13.6. The van der Waals surface area contributed by atoms with Gasteiger partial charge in [-0.25, -0.2) is 13.8 Å². The molecule has 0 radical (unpaired) electrons. The van der Waals surface area contributed by atoms with E-state index in [0.29, 0.717) is 24.0 Å². The lowest BCUT2D eigenvalue weighted by atomic mass is 10.2. The molecule has 0 bridgehead atoms. The van der Waals surface area contributed by atoms with E-state index in [1.165, 1.54) is 38.6 Å². The van der Waals surface area contributed by atoms with Gasteiger partial charge in [-0.15, -0.1) is 0 Å². The Morgan fingerprint density at radius 1 is 0.974 bits per heavy atom. The smallest absolute Gasteiger partial charge is 0.264 e. The first-order valence-corrected chi connectivity index (χ1v) is 13.4. The van der Waals surface area contributed by atoms with Crippen molar-refractivity contribution in [3.05, 3.63) is 77.9 Å². The number of anilines is 1. The Balaban J connectivity index is 1.80. The van der Waals surface area contributed by atoms with Crippen LogP contribution in [-0.2, 0) is 14.8 Å². The third kappa shape index (κ3) is 7.48. The van der Waals surface area contributed by atoms with E-state index in [1.807, 2.05) is 31.2 Å². The summed E-state index contributed by atoms with van der Waals surface area (Å²) >= 11 is 0. The van der Waals surface area contributed by atoms with Crippen LogP contribution in [0.15, 0.2) is 76.7 Å². The summed E-state index contributed by atoms with van der Waals surface area (Å²) in [4.78, 5) is 12.9. The first kappa shape index (κ1) is 28.5. The van der Waals surface area contributed by atoms with E-state index in [4.69, 9.17) is 14.2 Å². The third-order valence-corrected chi connectivity index (χ3v) is 7.21. The summed E-state index contributed by atoms with van der Waals surface area (Å²) in [5, 5.41) is 3.99. The second-order valence-electron chi connectivity index (χ2n) is 8.93. The number of nitrogens with one attached hydrogen (secondary N) is 1. The van der Waals surface area contributed by atoms with Crippen molar-refractivity contribution in [3.63, 3.8) is 0 Å². The molecule has 0 aliphatic heterocycles. The van der Waals surface area contributed by atoms with E-state index in [9.17, 15) is 13.2 Å². The molecule has 0 aliphatic carbocycles. The van der Waals surface area contributed by atoms with E-state index in [1.54, 1.807) is 24.3 Å². The first-order chi connectivity index (χ1) is 18.1. The molecule has 0 saturated carbocycles. The maximum atomic E-state index is 13.6. The minimum Gasteiger partial charge on any atom is -0.493 e. The van der Waals surface area contributed by atoms with E-state index < -0.39 is 22.5 Å². The number of benzene rings is 3. The number of rotatable bonds is 12. The van der Waals surface area contributed by atoms with E-state index >= 15 is 0 Å². The van der Waals surface area contributed by atoms with Gasteiger partial charge >= 0.3 is 0 Å². The molecule has 0 spiro atoms. The Morgan fingerprint density at radius 3 is 2.24 bits per heavy atom. The average molecular weight is 540 g/mol. The molecule has 0 aromatic heterocycles. The van der Waals surface area contributed by atoms with Crippen LogP contribution in [0.1, 0.15) is 25.0 Å². The number of amides is 1. The lowest BCUT2D eigenvalue weighted by Crippen LogP contribution is -2.39. The highest BCUT2D eigenvalue weighted by atomic mass is 32.2. The summed E-state index contributed by atoms with van der Waals surface area (Å²) in [6, 6.07) is 18.3. The van der Waals surface area contributed by atoms with Crippen molar-refractivity contribution in [1.29, 1.82) is 0 Å². The Morgan fingerprint density at radius 2 is 1.63 bits per heavy atom. The number of hydrazone groups is 1. The molecule has 0 aliphatic rings. The van der Waals surface area contributed by atoms with Crippen molar-refractivity contribution in [1.82, 2.24) is 5.43 Å². The van der Waals surface area contributed by atoms with Gasteiger partial charge < -0.3 is 14.2 Å². The van der Waals surface area contributed by atoms with Crippen molar-refractivity contribution in [2.75, 3.05) is 31.7 Å². The van der Waals surface area contributed by atoms with Crippen molar-refractivity contribution < 1.29 is 27.4 Å². The Kier molecular flexibility index (Phi) is 9.72. The summed E-state index contributed by atoms with van der Waals surface area (Å²) in [6.07, 6.45) is 1.47. The van der Waals surface area contributed by atoms with Gasteiger partial charge in [0.25, 0.3) is 15.9 Å². The fraction of sp³-hybridized carbons (Fsp3) is 0.286. The van der Waals surface area contributed by atoms with Crippen LogP contribution in [0.4, 0.5) is 5.69 Å². The van der Waals surface area contributed by atoms with Gasteiger partial charge in [-0.1, -0.05) is 31.5 Å². The molecule has 10 heteroatoms. The lowest BCUT2D eigenvalue weighted by molar-refractivity contribution is -0.119. The van der Waals surface area contributed by atoms with Gasteiger partial charge in [0, 0.05) is 6.07 Å². The second kappa shape index (κ2) is 13.0. The molecule has 0 unspecified atom stereocenters. The molecule has 202 valence electrons. The van der Waals surface area contributed by atoms with Gasteiger partial charge in [-0.2, -0.15) is 5.10 Å². The zero-order chi connectivity index (χ0) is 27.7. The summed E-state index contributed by atoms with van der Waals surface area (Å²) < 4.78 is 44.4. The van der Waals surface area contributed by atoms with Crippen LogP contribution in [0.2, 0.25) is 0 Å². The molecule has 3 aromatic rings. The predicted octanol–water partition coefficient (Wildman–Crippen LogP) is 4.39. The molecule has 3 aromatic carbocycles. The SMILES string of the molecule is COc1ccc(N(CC(=O)N/N=C\c2ccc(OCC(C)C)cc2)S(=O)(=O)c2ccc(C)cc2)cc1OC. The highest BCUT2D eigenvalue weighted by molar-refractivity contribution is 7.92. The molecular formula is C28H33N3O6S. The minimum atomic E-state index is -4.09. The molecule has 0 heterocycles. The molecular weight excluding hydrogens is 506 g/mol. The van der Waals surface area contributed by atoms with E-state index in [0.717, 1.165) is 21.2 Å². The minimum absolute atomic E-state index is 0.0500. The van der Waals surface area contributed by atoms with Crippen molar-refractivity contribution in [2.24, 2.45) is 11.0 Å².